The highest BCUT2D eigenvalue weighted by atomic mass is 16.5. The van der Waals surface area contributed by atoms with E-state index in [1.54, 1.807) is 18.1 Å². The molecular formula is C16H19N3O2. The molecule has 0 bridgehead atoms. The fourth-order valence-corrected chi connectivity index (χ4v) is 1.72. The monoisotopic (exact) mass is 285 g/mol. The van der Waals surface area contributed by atoms with Gasteiger partial charge < -0.3 is 15.0 Å². The Kier molecular flexibility index (Phi) is 5.58. The van der Waals surface area contributed by atoms with Gasteiger partial charge in [0.05, 0.1) is 18.8 Å². The summed E-state index contributed by atoms with van der Waals surface area (Å²) in [4.78, 5) is 17.6. The van der Waals surface area contributed by atoms with E-state index in [1.807, 2.05) is 48.5 Å². The van der Waals surface area contributed by atoms with Crippen molar-refractivity contribution in [2.45, 2.75) is 6.54 Å². The molecule has 1 aromatic heterocycles. The molecule has 0 radical (unpaired) electrons. The molecule has 2 aromatic rings. The van der Waals surface area contributed by atoms with Crippen LogP contribution in [0.4, 0.5) is 4.79 Å². The Hall–Kier alpha value is -2.56. The molecule has 5 nitrogen and oxygen atoms in total. The van der Waals surface area contributed by atoms with Gasteiger partial charge in [0, 0.05) is 13.2 Å². The van der Waals surface area contributed by atoms with Gasteiger partial charge in [-0.2, -0.15) is 0 Å². The lowest BCUT2D eigenvalue weighted by atomic mass is 10.3. The van der Waals surface area contributed by atoms with Crippen LogP contribution in [0.3, 0.4) is 0 Å². The maximum Gasteiger partial charge on any atom is 0.317 e. The van der Waals surface area contributed by atoms with Crippen molar-refractivity contribution < 1.29 is 9.53 Å². The van der Waals surface area contributed by atoms with Crippen molar-refractivity contribution in [2.75, 3.05) is 20.2 Å². The van der Waals surface area contributed by atoms with Crippen molar-refractivity contribution in [3.63, 3.8) is 0 Å². The van der Waals surface area contributed by atoms with Crippen LogP contribution >= 0.6 is 0 Å². The first kappa shape index (κ1) is 14.8. The first-order chi connectivity index (χ1) is 10.3. The van der Waals surface area contributed by atoms with E-state index in [4.69, 9.17) is 4.74 Å². The molecule has 110 valence electrons. The number of carbonyl (C=O) groups excluding carboxylic acids is 1. The molecule has 1 N–H and O–H groups in total. The Balaban J connectivity index is 1.68. The number of ether oxygens (including phenoxy) is 1. The van der Waals surface area contributed by atoms with Crippen LogP contribution in [0.1, 0.15) is 5.69 Å². The number of hydrogen-bond donors (Lipinski definition) is 1. The summed E-state index contributed by atoms with van der Waals surface area (Å²) in [7, 11) is 1.74. The first-order valence-electron chi connectivity index (χ1n) is 6.82. The average molecular weight is 285 g/mol. The smallest absolute Gasteiger partial charge is 0.317 e. The third-order valence-corrected chi connectivity index (χ3v) is 2.93. The molecule has 0 fully saturated rings. The second-order valence-electron chi connectivity index (χ2n) is 4.56. The zero-order valence-corrected chi connectivity index (χ0v) is 12.0. The Morgan fingerprint density at radius 3 is 2.67 bits per heavy atom. The summed E-state index contributed by atoms with van der Waals surface area (Å²) >= 11 is 0. The van der Waals surface area contributed by atoms with Crippen molar-refractivity contribution in [1.82, 2.24) is 15.2 Å². The van der Waals surface area contributed by atoms with E-state index in [-0.39, 0.29) is 6.03 Å². The summed E-state index contributed by atoms with van der Waals surface area (Å²) in [5.41, 5.74) is 0.833. The van der Waals surface area contributed by atoms with Crippen LogP contribution in [0.25, 0.3) is 0 Å². The van der Waals surface area contributed by atoms with Gasteiger partial charge in [-0.3, -0.25) is 4.98 Å². The number of para-hydroxylation sites is 1. The molecule has 2 rings (SSSR count). The zero-order chi connectivity index (χ0) is 14.9. The Labute approximate surface area is 124 Å². The molecule has 0 aliphatic heterocycles. The Morgan fingerprint density at radius 2 is 1.95 bits per heavy atom. The summed E-state index contributed by atoms with van der Waals surface area (Å²) < 4.78 is 5.56. The van der Waals surface area contributed by atoms with Crippen LogP contribution < -0.4 is 10.1 Å². The predicted molar refractivity (Wildman–Crippen MR) is 81.0 cm³/mol. The molecule has 0 saturated carbocycles. The molecule has 1 heterocycles. The molecule has 0 unspecified atom stereocenters. The standard InChI is InChI=1S/C16H19N3O2/c1-19(11-12-21-15-8-3-2-4-9-15)16(20)18-13-14-7-5-6-10-17-14/h2-10H,11-13H2,1H3,(H,18,20). The lowest BCUT2D eigenvalue weighted by Gasteiger charge is -2.18. The largest absolute Gasteiger partial charge is 0.492 e. The fourth-order valence-electron chi connectivity index (χ4n) is 1.72. The lowest BCUT2D eigenvalue weighted by molar-refractivity contribution is 0.195. The number of likely N-dealkylation sites (N-methyl/N-ethyl adjacent to an activating group) is 1. The molecule has 5 heteroatoms. The molecule has 0 saturated heterocycles. The quantitative estimate of drug-likeness (QED) is 0.886. The van der Waals surface area contributed by atoms with Crippen molar-refractivity contribution in [3.8, 4) is 5.75 Å². The van der Waals surface area contributed by atoms with E-state index < -0.39 is 0 Å². The minimum atomic E-state index is -0.141. The minimum Gasteiger partial charge on any atom is -0.492 e. The Morgan fingerprint density at radius 1 is 1.19 bits per heavy atom. The van der Waals surface area contributed by atoms with Crippen LogP contribution in [0.5, 0.6) is 5.75 Å². The second-order valence-corrected chi connectivity index (χ2v) is 4.56. The third-order valence-electron chi connectivity index (χ3n) is 2.93. The van der Waals surface area contributed by atoms with Gasteiger partial charge in [-0.1, -0.05) is 24.3 Å². The number of pyridine rings is 1. The number of nitrogens with one attached hydrogen (secondary N) is 1. The SMILES string of the molecule is CN(CCOc1ccccc1)C(=O)NCc1ccccn1. The number of nitrogens with zero attached hydrogens (tertiary/aromatic N) is 2. The second kappa shape index (κ2) is 7.89. The molecule has 2 amide bonds. The van der Waals surface area contributed by atoms with Gasteiger partial charge in [0.2, 0.25) is 0 Å². The number of carbonyl (C=O) groups is 1. The highest BCUT2D eigenvalue weighted by Gasteiger charge is 2.08. The molecule has 0 spiro atoms. The van der Waals surface area contributed by atoms with Gasteiger partial charge in [-0.05, 0) is 24.3 Å². The summed E-state index contributed by atoms with van der Waals surface area (Å²) in [6.45, 7) is 1.39. The molecule has 21 heavy (non-hydrogen) atoms. The maximum absolute atomic E-state index is 11.9. The average Bonchev–Trinajstić information content (AvgIpc) is 2.54. The van der Waals surface area contributed by atoms with E-state index in [0.29, 0.717) is 19.7 Å². The topological polar surface area (TPSA) is 54.5 Å². The van der Waals surface area contributed by atoms with E-state index in [9.17, 15) is 4.79 Å². The van der Waals surface area contributed by atoms with Gasteiger partial charge >= 0.3 is 6.03 Å². The van der Waals surface area contributed by atoms with Crippen LogP contribution in [0.15, 0.2) is 54.7 Å². The number of hydrogen-bond acceptors (Lipinski definition) is 3. The van der Waals surface area contributed by atoms with E-state index >= 15 is 0 Å². The normalized spacial score (nSPS) is 9.95. The zero-order valence-electron chi connectivity index (χ0n) is 12.0. The lowest BCUT2D eigenvalue weighted by Crippen LogP contribution is -2.39. The summed E-state index contributed by atoms with van der Waals surface area (Å²) in [5, 5.41) is 2.82. The number of aromatic nitrogens is 1. The van der Waals surface area contributed by atoms with Crippen LogP contribution in [-0.4, -0.2) is 36.1 Å². The van der Waals surface area contributed by atoms with Gasteiger partial charge in [-0.15, -0.1) is 0 Å². The van der Waals surface area contributed by atoms with Crippen LogP contribution in [-0.2, 0) is 6.54 Å². The van der Waals surface area contributed by atoms with Crippen molar-refractivity contribution in [3.05, 3.63) is 60.4 Å². The first-order valence-corrected chi connectivity index (χ1v) is 6.82. The molecular weight excluding hydrogens is 266 g/mol. The van der Waals surface area contributed by atoms with Crippen molar-refractivity contribution in [2.24, 2.45) is 0 Å². The van der Waals surface area contributed by atoms with Crippen LogP contribution in [0, 0.1) is 0 Å². The van der Waals surface area contributed by atoms with E-state index in [1.165, 1.54) is 0 Å². The number of amides is 2. The maximum atomic E-state index is 11.9. The van der Waals surface area contributed by atoms with E-state index in [0.717, 1.165) is 11.4 Å². The summed E-state index contributed by atoms with van der Waals surface area (Å²) in [6, 6.07) is 15.0. The molecule has 0 aliphatic rings. The summed E-state index contributed by atoms with van der Waals surface area (Å²) in [5.74, 6) is 0.805. The van der Waals surface area contributed by atoms with Crippen molar-refractivity contribution >= 4 is 6.03 Å². The summed E-state index contributed by atoms with van der Waals surface area (Å²) in [6.07, 6.45) is 1.71. The van der Waals surface area contributed by atoms with Gasteiger partial charge in [0.1, 0.15) is 12.4 Å². The molecule has 0 aliphatic carbocycles. The van der Waals surface area contributed by atoms with Gasteiger partial charge in [0.25, 0.3) is 0 Å². The highest BCUT2D eigenvalue weighted by molar-refractivity contribution is 5.73. The molecule has 0 atom stereocenters. The van der Waals surface area contributed by atoms with Gasteiger partial charge in [0.15, 0.2) is 0 Å². The fraction of sp³-hybridized carbons (Fsp3) is 0.250. The number of urea groups is 1. The number of benzene rings is 1. The van der Waals surface area contributed by atoms with Gasteiger partial charge in [-0.25, -0.2) is 4.79 Å². The third kappa shape index (κ3) is 5.14. The highest BCUT2D eigenvalue weighted by Crippen LogP contribution is 2.07. The Bertz CT molecular complexity index is 546. The minimum absolute atomic E-state index is 0.141. The molecule has 1 aromatic carbocycles. The van der Waals surface area contributed by atoms with Crippen molar-refractivity contribution in [1.29, 1.82) is 0 Å². The van der Waals surface area contributed by atoms with Crippen LogP contribution in [0.2, 0.25) is 0 Å². The number of rotatable bonds is 6. The van der Waals surface area contributed by atoms with E-state index in [2.05, 4.69) is 10.3 Å². The predicted octanol–water partition coefficient (Wildman–Crippen LogP) is 2.30.